The molecule has 8 heteroatoms. The maximum Gasteiger partial charge on any atom is 0.433 e. The predicted molar refractivity (Wildman–Crippen MR) is 80.8 cm³/mol. The van der Waals surface area contributed by atoms with Gasteiger partial charge in [0.25, 0.3) is 0 Å². The summed E-state index contributed by atoms with van der Waals surface area (Å²) in [5.74, 6) is -0.356. The Labute approximate surface area is 135 Å². The van der Waals surface area contributed by atoms with Crippen LogP contribution in [0.3, 0.4) is 0 Å². The molecule has 0 saturated carbocycles. The maximum atomic E-state index is 12.5. The largest absolute Gasteiger partial charge is 0.433 e. The lowest BCUT2D eigenvalue weighted by Crippen LogP contribution is -2.28. The van der Waals surface area contributed by atoms with Crippen molar-refractivity contribution < 1.29 is 18.0 Å². The minimum atomic E-state index is -4.53. The average Bonchev–Trinajstić information content (AvgIpc) is 2.53. The smallest absolute Gasteiger partial charge is 0.349 e. The van der Waals surface area contributed by atoms with Crippen LogP contribution in [0, 0.1) is 0 Å². The van der Waals surface area contributed by atoms with E-state index in [1.807, 2.05) is 37.3 Å². The molecule has 0 saturated heterocycles. The number of hydrogen-bond acceptors (Lipinski definition) is 4. The molecule has 0 aliphatic heterocycles. The number of carbonyl (C=O) groups is 1. The highest BCUT2D eigenvalue weighted by molar-refractivity contribution is 7.99. The van der Waals surface area contributed by atoms with Gasteiger partial charge in [0.15, 0.2) is 5.16 Å². The SMILES string of the molecule is C[C@@H](NC(=O)CSc1nccc(C(F)(F)F)n1)c1ccccc1. The molecule has 0 radical (unpaired) electrons. The molecule has 0 aliphatic rings. The van der Waals surface area contributed by atoms with Crippen LogP contribution in [0.1, 0.15) is 24.2 Å². The number of thioether (sulfide) groups is 1. The summed E-state index contributed by atoms with van der Waals surface area (Å²) in [4.78, 5) is 19.0. The fourth-order valence-electron chi connectivity index (χ4n) is 1.81. The molecule has 23 heavy (non-hydrogen) atoms. The average molecular weight is 341 g/mol. The number of carbonyl (C=O) groups excluding carboxylic acids is 1. The van der Waals surface area contributed by atoms with Crippen molar-refractivity contribution in [3.05, 3.63) is 53.9 Å². The Hall–Kier alpha value is -2.09. The molecule has 4 nitrogen and oxygen atoms in total. The van der Waals surface area contributed by atoms with Crippen LogP contribution in [0.5, 0.6) is 0 Å². The van der Waals surface area contributed by atoms with E-state index < -0.39 is 11.9 Å². The lowest BCUT2D eigenvalue weighted by atomic mass is 10.1. The summed E-state index contributed by atoms with van der Waals surface area (Å²) >= 11 is 0.862. The van der Waals surface area contributed by atoms with Gasteiger partial charge in [-0.05, 0) is 18.6 Å². The van der Waals surface area contributed by atoms with Gasteiger partial charge in [-0.15, -0.1) is 0 Å². The molecular formula is C15H14F3N3OS. The molecule has 0 fully saturated rings. The minimum Gasteiger partial charge on any atom is -0.349 e. The van der Waals surface area contributed by atoms with Gasteiger partial charge < -0.3 is 5.32 Å². The number of benzene rings is 1. The van der Waals surface area contributed by atoms with E-state index in [4.69, 9.17) is 0 Å². The molecule has 122 valence electrons. The van der Waals surface area contributed by atoms with Crippen LogP contribution < -0.4 is 5.32 Å². The first-order chi connectivity index (χ1) is 10.9. The first-order valence-electron chi connectivity index (χ1n) is 6.73. The van der Waals surface area contributed by atoms with E-state index in [0.717, 1.165) is 29.6 Å². The molecule has 1 aromatic carbocycles. The van der Waals surface area contributed by atoms with E-state index >= 15 is 0 Å². The third-order valence-electron chi connectivity index (χ3n) is 2.93. The van der Waals surface area contributed by atoms with Crippen molar-refractivity contribution in [3.63, 3.8) is 0 Å². The molecule has 1 heterocycles. The topological polar surface area (TPSA) is 54.9 Å². The summed E-state index contributed by atoms with van der Waals surface area (Å²) in [6.07, 6.45) is -3.50. The molecule has 1 amide bonds. The highest BCUT2D eigenvalue weighted by Gasteiger charge is 2.32. The Balaban J connectivity index is 1.90. The van der Waals surface area contributed by atoms with E-state index in [2.05, 4.69) is 15.3 Å². The summed E-state index contributed by atoms with van der Waals surface area (Å²) < 4.78 is 37.6. The molecule has 2 aromatic rings. The number of rotatable bonds is 5. The van der Waals surface area contributed by atoms with E-state index in [1.165, 1.54) is 0 Å². The molecule has 0 bridgehead atoms. The zero-order valence-corrected chi connectivity index (χ0v) is 13.0. The second kappa shape index (κ2) is 7.45. The van der Waals surface area contributed by atoms with Crippen LogP contribution in [0.25, 0.3) is 0 Å². The third-order valence-corrected chi connectivity index (χ3v) is 3.79. The number of amides is 1. The van der Waals surface area contributed by atoms with Crippen molar-refractivity contribution in [2.45, 2.75) is 24.3 Å². The van der Waals surface area contributed by atoms with Gasteiger partial charge in [-0.1, -0.05) is 42.1 Å². The van der Waals surface area contributed by atoms with Gasteiger partial charge in [-0.3, -0.25) is 4.79 Å². The predicted octanol–water partition coefficient (Wildman–Crippen LogP) is 3.46. The maximum absolute atomic E-state index is 12.5. The molecule has 1 aromatic heterocycles. The number of nitrogens with zero attached hydrogens (tertiary/aromatic N) is 2. The number of nitrogens with one attached hydrogen (secondary N) is 1. The summed E-state index contributed by atoms with van der Waals surface area (Å²) in [5, 5.41) is 2.69. The Morgan fingerprint density at radius 3 is 2.61 bits per heavy atom. The monoisotopic (exact) mass is 341 g/mol. The number of hydrogen-bond donors (Lipinski definition) is 1. The van der Waals surface area contributed by atoms with Crippen molar-refractivity contribution in [1.29, 1.82) is 0 Å². The normalized spacial score (nSPS) is 12.7. The van der Waals surface area contributed by atoms with Gasteiger partial charge in [-0.25, -0.2) is 9.97 Å². The lowest BCUT2D eigenvalue weighted by Gasteiger charge is -2.14. The minimum absolute atomic E-state index is 0.0571. The summed E-state index contributed by atoms with van der Waals surface area (Å²) in [5.41, 5.74) is -0.0748. The van der Waals surface area contributed by atoms with Crippen molar-refractivity contribution in [2.75, 3.05) is 5.75 Å². The van der Waals surface area contributed by atoms with Crippen LogP contribution in [0.2, 0.25) is 0 Å². The van der Waals surface area contributed by atoms with Gasteiger partial charge in [0.2, 0.25) is 5.91 Å². The van der Waals surface area contributed by atoms with Gasteiger partial charge in [0, 0.05) is 6.20 Å². The first kappa shape index (κ1) is 17.3. The van der Waals surface area contributed by atoms with Gasteiger partial charge in [0.05, 0.1) is 11.8 Å². The summed E-state index contributed by atoms with van der Waals surface area (Å²) in [6, 6.07) is 9.97. The number of halogens is 3. The second-order valence-corrected chi connectivity index (χ2v) is 5.65. The molecule has 1 N–H and O–H groups in total. The summed E-state index contributed by atoms with van der Waals surface area (Å²) in [7, 11) is 0. The second-order valence-electron chi connectivity index (χ2n) is 4.71. The quantitative estimate of drug-likeness (QED) is 0.668. The number of aromatic nitrogens is 2. The third kappa shape index (κ3) is 5.24. The van der Waals surface area contributed by atoms with E-state index in [0.29, 0.717) is 0 Å². The Morgan fingerprint density at radius 2 is 1.96 bits per heavy atom. The highest BCUT2D eigenvalue weighted by Crippen LogP contribution is 2.28. The number of alkyl halides is 3. The van der Waals surface area contributed by atoms with Crippen LogP contribution in [0.15, 0.2) is 47.8 Å². The lowest BCUT2D eigenvalue weighted by molar-refractivity contribution is -0.141. The zero-order chi connectivity index (χ0) is 16.9. The fourth-order valence-corrected chi connectivity index (χ4v) is 2.45. The van der Waals surface area contributed by atoms with Crippen LogP contribution in [-0.4, -0.2) is 21.6 Å². The molecule has 0 unspecified atom stereocenters. The molecule has 1 atom stereocenters. The van der Waals surface area contributed by atoms with Gasteiger partial charge in [0.1, 0.15) is 5.69 Å². The van der Waals surface area contributed by atoms with Gasteiger partial charge in [-0.2, -0.15) is 13.2 Å². The standard InChI is InChI=1S/C15H14F3N3OS/c1-10(11-5-3-2-4-6-11)20-13(22)9-23-14-19-8-7-12(21-14)15(16,17)18/h2-8,10H,9H2,1H3,(H,20,22)/t10-/m1/s1. The Kier molecular flexibility index (Phi) is 5.59. The highest BCUT2D eigenvalue weighted by atomic mass is 32.2. The van der Waals surface area contributed by atoms with Crippen LogP contribution in [-0.2, 0) is 11.0 Å². The van der Waals surface area contributed by atoms with E-state index in [9.17, 15) is 18.0 Å². The van der Waals surface area contributed by atoms with Crippen molar-refractivity contribution in [2.24, 2.45) is 0 Å². The van der Waals surface area contributed by atoms with Crippen molar-refractivity contribution in [1.82, 2.24) is 15.3 Å². The fraction of sp³-hybridized carbons (Fsp3) is 0.267. The van der Waals surface area contributed by atoms with E-state index in [-0.39, 0.29) is 22.9 Å². The zero-order valence-electron chi connectivity index (χ0n) is 12.2. The first-order valence-corrected chi connectivity index (χ1v) is 7.72. The Morgan fingerprint density at radius 1 is 1.26 bits per heavy atom. The van der Waals surface area contributed by atoms with Crippen LogP contribution in [0.4, 0.5) is 13.2 Å². The van der Waals surface area contributed by atoms with Gasteiger partial charge >= 0.3 is 6.18 Å². The molecular weight excluding hydrogens is 327 g/mol. The van der Waals surface area contributed by atoms with E-state index in [1.54, 1.807) is 0 Å². The van der Waals surface area contributed by atoms with Crippen molar-refractivity contribution in [3.8, 4) is 0 Å². The van der Waals surface area contributed by atoms with Crippen molar-refractivity contribution >= 4 is 17.7 Å². The molecule has 2 rings (SSSR count). The Bertz CT molecular complexity index is 665. The molecule has 0 spiro atoms. The molecule has 0 aliphatic carbocycles. The van der Waals surface area contributed by atoms with Crippen LogP contribution >= 0.6 is 11.8 Å². The summed E-state index contributed by atoms with van der Waals surface area (Å²) in [6.45, 7) is 1.83.